The molecule has 7 heteroatoms. The summed E-state index contributed by atoms with van der Waals surface area (Å²) < 4.78 is 15.4. The van der Waals surface area contributed by atoms with E-state index in [1.54, 1.807) is 24.4 Å². The number of ketones is 1. The van der Waals surface area contributed by atoms with Crippen LogP contribution in [0.5, 0.6) is 11.5 Å². The molecule has 0 fully saturated rings. The maximum Gasteiger partial charge on any atom is 0.338 e. The summed E-state index contributed by atoms with van der Waals surface area (Å²) in [5.41, 5.74) is 1.14. The normalized spacial score (nSPS) is 15.6. The van der Waals surface area contributed by atoms with Gasteiger partial charge in [0.2, 0.25) is 18.6 Å². The summed E-state index contributed by atoms with van der Waals surface area (Å²) in [7, 11) is 1.24. The number of aromatic nitrogens is 1. The third kappa shape index (κ3) is 3.23. The number of fused-ring (bicyclic) bond motifs is 2. The maximum absolute atomic E-state index is 13.0. The molecule has 0 saturated heterocycles. The number of carbonyl (C=O) groups is 2. The molecule has 0 saturated carbocycles. The Morgan fingerprint density at radius 1 is 1.22 bits per heavy atom. The Morgan fingerprint density at radius 2 is 2.04 bits per heavy atom. The molecular weight excluding hydrogens is 348 g/mol. The fraction of sp³-hybridized carbons (Fsp3) is 0.250. The van der Waals surface area contributed by atoms with E-state index in [9.17, 15) is 9.59 Å². The number of hydrogen-bond acceptors (Lipinski definition) is 6. The van der Waals surface area contributed by atoms with Crippen LogP contribution in [-0.4, -0.2) is 42.9 Å². The van der Waals surface area contributed by atoms with Crippen molar-refractivity contribution in [2.75, 3.05) is 13.9 Å². The number of methoxy groups -OCH3 is 1. The maximum atomic E-state index is 13.0. The molecule has 2 aromatic rings. The van der Waals surface area contributed by atoms with E-state index >= 15 is 0 Å². The standard InChI is InChI=1S/C20H18N2O5/c1-25-20(24)18(19(23)14-10-21-15-5-3-2-4-13(14)15)22-9-12-6-7-16-17(8-12)27-11-26-16/h4-10,18,21H,2-3,11H2,1H3/b22-9+. The molecule has 0 amide bonds. The molecule has 138 valence electrons. The molecule has 1 aliphatic carbocycles. The number of benzene rings is 1. The molecule has 0 spiro atoms. The van der Waals surface area contributed by atoms with Crippen LogP contribution >= 0.6 is 0 Å². The first kappa shape index (κ1) is 17.1. The van der Waals surface area contributed by atoms with Gasteiger partial charge in [-0.2, -0.15) is 0 Å². The lowest BCUT2D eigenvalue weighted by Gasteiger charge is -2.09. The number of ether oxygens (including phenoxy) is 3. The third-order valence-electron chi connectivity index (χ3n) is 4.52. The van der Waals surface area contributed by atoms with Crippen LogP contribution in [0, 0.1) is 0 Å². The Morgan fingerprint density at radius 3 is 2.89 bits per heavy atom. The highest BCUT2D eigenvalue weighted by molar-refractivity contribution is 6.13. The first-order valence-electron chi connectivity index (χ1n) is 8.60. The Hall–Kier alpha value is -3.35. The molecule has 1 aromatic carbocycles. The van der Waals surface area contributed by atoms with Crippen molar-refractivity contribution in [1.29, 1.82) is 0 Å². The number of Topliss-reactive ketones (excluding diaryl/α,β-unsaturated/α-hetero) is 1. The number of rotatable bonds is 5. The second-order valence-corrected chi connectivity index (χ2v) is 6.20. The summed E-state index contributed by atoms with van der Waals surface area (Å²) >= 11 is 0. The quantitative estimate of drug-likeness (QED) is 0.368. The molecule has 4 rings (SSSR count). The second-order valence-electron chi connectivity index (χ2n) is 6.20. The lowest BCUT2D eigenvalue weighted by molar-refractivity contribution is -0.140. The molecule has 1 N–H and O–H groups in total. The van der Waals surface area contributed by atoms with E-state index in [1.807, 2.05) is 12.2 Å². The Bertz CT molecular complexity index is 1050. The number of nitrogens with one attached hydrogen (secondary N) is 1. The van der Waals surface area contributed by atoms with Gasteiger partial charge in [0.05, 0.1) is 7.11 Å². The van der Waals surface area contributed by atoms with Gasteiger partial charge in [-0.3, -0.25) is 9.79 Å². The highest BCUT2D eigenvalue weighted by Gasteiger charge is 2.29. The molecule has 1 unspecified atom stereocenters. The zero-order chi connectivity index (χ0) is 18.8. The molecule has 1 aromatic heterocycles. The minimum Gasteiger partial charge on any atom is -0.467 e. The lowest BCUT2D eigenvalue weighted by atomic mass is 10.0. The summed E-state index contributed by atoms with van der Waals surface area (Å²) in [5.74, 6) is 0.151. The van der Waals surface area contributed by atoms with Crippen molar-refractivity contribution in [3.05, 3.63) is 46.1 Å². The monoisotopic (exact) mass is 366 g/mol. The number of aromatic amines is 1. The molecule has 2 aliphatic rings. The van der Waals surface area contributed by atoms with E-state index < -0.39 is 17.8 Å². The zero-order valence-electron chi connectivity index (χ0n) is 14.7. The van der Waals surface area contributed by atoms with Crippen molar-refractivity contribution in [3.63, 3.8) is 0 Å². The highest BCUT2D eigenvalue weighted by Crippen LogP contribution is 2.32. The van der Waals surface area contributed by atoms with E-state index in [2.05, 4.69) is 9.98 Å². The van der Waals surface area contributed by atoms with Crippen molar-refractivity contribution in [3.8, 4) is 11.5 Å². The molecule has 2 heterocycles. The topological polar surface area (TPSA) is 90.0 Å². The fourth-order valence-electron chi connectivity index (χ4n) is 3.15. The van der Waals surface area contributed by atoms with Crippen LogP contribution < -0.4 is 20.0 Å². The fourth-order valence-corrected chi connectivity index (χ4v) is 3.15. The molecular formula is C20H18N2O5. The smallest absolute Gasteiger partial charge is 0.338 e. The number of aliphatic imine (C=N–C) groups is 1. The number of esters is 1. The van der Waals surface area contributed by atoms with Crippen LogP contribution in [0.3, 0.4) is 0 Å². The van der Waals surface area contributed by atoms with Crippen molar-refractivity contribution in [2.24, 2.45) is 4.99 Å². The minimum absolute atomic E-state index is 0.172. The molecule has 1 aliphatic heterocycles. The molecule has 0 radical (unpaired) electrons. The van der Waals surface area contributed by atoms with Crippen LogP contribution in [0.1, 0.15) is 28.8 Å². The minimum atomic E-state index is -1.27. The van der Waals surface area contributed by atoms with Gasteiger partial charge in [0.15, 0.2) is 11.5 Å². The number of nitrogens with zero attached hydrogens (tertiary/aromatic N) is 1. The summed E-state index contributed by atoms with van der Waals surface area (Å²) in [4.78, 5) is 32.5. The van der Waals surface area contributed by atoms with Gasteiger partial charge in [-0.05, 0) is 36.6 Å². The van der Waals surface area contributed by atoms with Gasteiger partial charge in [-0.15, -0.1) is 0 Å². The molecule has 1 atom stereocenters. The van der Waals surface area contributed by atoms with Gasteiger partial charge in [0.1, 0.15) is 0 Å². The predicted octanol–water partition coefficient (Wildman–Crippen LogP) is 0.942. The summed E-state index contributed by atoms with van der Waals surface area (Å²) in [6.07, 6.45) is 8.90. The van der Waals surface area contributed by atoms with Gasteiger partial charge < -0.3 is 19.2 Å². The van der Waals surface area contributed by atoms with Crippen molar-refractivity contribution in [2.45, 2.75) is 18.9 Å². The van der Waals surface area contributed by atoms with Crippen molar-refractivity contribution in [1.82, 2.24) is 4.98 Å². The Kier molecular flexibility index (Phi) is 4.50. The molecule has 7 nitrogen and oxygen atoms in total. The summed E-state index contributed by atoms with van der Waals surface area (Å²) in [6.45, 7) is 0.172. The van der Waals surface area contributed by atoms with Crippen LogP contribution in [0.15, 0.2) is 29.4 Å². The van der Waals surface area contributed by atoms with Crippen molar-refractivity contribution >= 4 is 30.1 Å². The average Bonchev–Trinajstić information content (AvgIpc) is 3.34. The number of carbonyl (C=O) groups excluding carboxylic acids is 2. The van der Waals surface area contributed by atoms with Gasteiger partial charge in [0.25, 0.3) is 0 Å². The van der Waals surface area contributed by atoms with Gasteiger partial charge in [-0.25, -0.2) is 4.79 Å². The predicted molar refractivity (Wildman–Crippen MR) is 98.5 cm³/mol. The summed E-state index contributed by atoms with van der Waals surface area (Å²) in [5, 5.41) is 1.71. The third-order valence-corrected chi connectivity index (χ3v) is 4.52. The Labute approximate surface area is 155 Å². The van der Waals surface area contributed by atoms with Crippen molar-refractivity contribution < 1.29 is 23.8 Å². The Balaban J connectivity index is 1.65. The van der Waals surface area contributed by atoms with Crippen LogP contribution in [0.4, 0.5) is 0 Å². The second kappa shape index (κ2) is 7.11. The first-order chi connectivity index (χ1) is 13.2. The van der Waals surface area contributed by atoms with E-state index in [4.69, 9.17) is 14.2 Å². The van der Waals surface area contributed by atoms with Gasteiger partial charge >= 0.3 is 5.97 Å². The number of H-pyrrole nitrogens is 1. The largest absolute Gasteiger partial charge is 0.467 e. The van der Waals surface area contributed by atoms with Gasteiger partial charge in [0, 0.05) is 28.5 Å². The lowest BCUT2D eigenvalue weighted by Crippen LogP contribution is -2.35. The summed E-state index contributed by atoms with van der Waals surface area (Å²) in [6, 6.07) is 4.00. The molecule has 0 bridgehead atoms. The van der Waals surface area contributed by atoms with Gasteiger partial charge in [-0.1, -0.05) is 12.2 Å². The van der Waals surface area contributed by atoms with Crippen LogP contribution in [-0.2, 0) is 9.53 Å². The average molecular weight is 366 g/mol. The van der Waals surface area contributed by atoms with Crippen LogP contribution in [0.2, 0.25) is 0 Å². The highest BCUT2D eigenvalue weighted by atomic mass is 16.7. The van der Waals surface area contributed by atoms with E-state index in [-0.39, 0.29) is 6.79 Å². The number of hydrogen-bond donors (Lipinski definition) is 1. The zero-order valence-corrected chi connectivity index (χ0v) is 14.7. The van der Waals surface area contributed by atoms with E-state index in [0.29, 0.717) is 22.6 Å². The van der Waals surface area contributed by atoms with E-state index in [0.717, 1.165) is 23.4 Å². The van der Waals surface area contributed by atoms with E-state index in [1.165, 1.54) is 13.3 Å². The SMILES string of the molecule is COC(=O)C(/N=C/c1ccc2c(c1)OCO2)C(=O)c1c[nH]c2c1=CCCC=2. The first-order valence-corrected chi connectivity index (χ1v) is 8.60. The molecule has 27 heavy (non-hydrogen) atoms. The van der Waals surface area contributed by atoms with Crippen LogP contribution in [0.25, 0.3) is 12.2 Å².